The van der Waals surface area contributed by atoms with Crippen LogP contribution in [0.5, 0.6) is 0 Å². The summed E-state index contributed by atoms with van der Waals surface area (Å²) in [5.41, 5.74) is 0. The second-order valence-electron chi connectivity index (χ2n) is 4.72. The van der Waals surface area contributed by atoms with E-state index in [9.17, 15) is 0 Å². The number of rotatable bonds is 0. The topological polar surface area (TPSA) is 0 Å². The Bertz CT molecular complexity index is 128. The molecular formula is C11H20. The van der Waals surface area contributed by atoms with E-state index in [-0.39, 0.29) is 0 Å². The summed E-state index contributed by atoms with van der Waals surface area (Å²) >= 11 is 0. The Morgan fingerprint density at radius 1 is 0.818 bits per heavy atom. The molecule has 2 rings (SSSR count). The van der Waals surface area contributed by atoms with Crippen molar-refractivity contribution < 1.29 is 0 Å². The molecule has 0 heteroatoms. The van der Waals surface area contributed by atoms with Gasteiger partial charge in [-0.05, 0) is 30.6 Å². The summed E-state index contributed by atoms with van der Waals surface area (Å²) in [6.07, 6.45) is 10.8. The predicted octanol–water partition coefficient (Wildman–Crippen LogP) is 3.61. The molecule has 0 saturated heterocycles. The first-order valence-corrected chi connectivity index (χ1v) is 5.36. The van der Waals surface area contributed by atoms with Gasteiger partial charge in [0.15, 0.2) is 0 Å². The summed E-state index contributed by atoms with van der Waals surface area (Å²) in [5, 5.41) is 0. The van der Waals surface area contributed by atoms with Crippen LogP contribution in [0.4, 0.5) is 0 Å². The second kappa shape index (κ2) is 3.16. The van der Waals surface area contributed by atoms with Crippen LogP contribution in [0, 0.1) is 17.8 Å². The summed E-state index contributed by atoms with van der Waals surface area (Å²) in [4.78, 5) is 0. The van der Waals surface area contributed by atoms with E-state index >= 15 is 0 Å². The normalized spacial score (nSPS) is 45.0. The fourth-order valence-corrected chi connectivity index (χ4v) is 3.11. The molecule has 2 saturated carbocycles. The molecule has 0 aromatic carbocycles. The minimum Gasteiger partial charge on any atom is -0.0625 e. The first-order chi connectivity index (χ1) is 5.36. The Hall–Kier alpha value is 0. The zero-order valence-corrected chi connectivity index (χ0v) is 7.68. The average molecular weight is 152 g/mol. The summed E-state index contributed by atoms with van der Waals surface area (Å²) in [6, 6.07) is 0. The minimum absolute atomic E-state index is 1.04. The van der Waals surface area contributed by atoms with Crippen molar-refractivity contribution in [2.45, 2.75) is 51.9 Å². The third-order valence-corrected chi connectivity index (χ3v) is 3.80. The molecule has 0 N–H and O–H groups in total. The fourth-order valence-electron chi connectivity index (χ4n) is 3.11. The van der Waals surface area contributed by atoms with E-state index < -0.39 is 0 Å². The van der Waals surface area contributed by atoms with Gasteiger partial charge in [0.2, 0.25) is 0 Å². The molecule has 0 bridgehead atoms. The third-order valence-electron chi connectivity index (χ3n) is 3.80. The zero-order valence-electron chi connectivity index (χ0n) is 7.68. The van der Waals surface area contributed by atoms with Gasteiger partial charge >= 0.3 is 0 Å². The molecule has 1 unspecified atom stereocenters. The lowest BCUT2D eigenvalue weighted by Gasteiger charge is -2.38. The van der Waals surface area contributed by atoms with E-state index in [0.29, 0.717) is 0 Å². The van der Waals surface area contributed by atoms with E-state index in [2.05, 4.69) is 6.92 Å². The Balaban J connectivity index is 1.93. The van der Waals surface area contributed by atoms with Crippen LogP contribution in [0.1, 0.15) is 51.9 Å². The first kappa shape index (κ1) is 7.64. The minimum atomic E-state index is 1.04. The van der Waals surface area contributed by atoms with Crippen molar-refractivity contribution in [1.29, 1.82) is 0 Å². The van der Waals surface area contributed by atoms with Crippen LogP contribution in [0.15, 0.2) is 0 Å². The third kappa shape index (κ3) is 1.60. The lowest BCUT2D eigenvalue weighted by Crippen LogP contribution is -2.26. The van der Waals surface area contributed by atoms with Gasteiger partial charge in [-0.15, -0.1) is 0 Å². The molecular weight excluding hydrogens is 132 g/mol. The summed E-state index contributed by atoms with van der Waals surface area (Å²) in [5.74, 6) is 3.31. The quantitative estimate of drug-likeness (QED) is 0.497. The zero-order chi connectivity index (χ0) is 7.68. The monoisotopic (exact) mass is 152 g/mol. The van der Waals surface area contributed by atoms with Crippen molar-refractivity contribution in [2.75, 3.05) is 0 Å². The highest BCUT2D eigenvalue weighted by Gasteiger charge is 2.29. The van der Waals surface area contributed by atoms with Gasteiger partial charge in [0.1, 0.15) is 0 Å². The Kier molecular flexibility index (Phi) is 2.20. The first-order valence-electron chi connectivity index (χ1n) is 5.36. The molecule has 0 amide bonds. The van der Waals surface area contributed by atoms with Crippen LogP contribution in [-0.2, 0) is 0 Å². The Morgan fingerprint density at radius 3 is 2.36 bits per heavy atom. The van der Waals surface area contributed by atoms with Crippen LogP contribution in [0.3, 0.4) is 0 Å². The van der Waals surface area contributed by atoms with Crippen molar-refractivity contribution in [2.24, 2.45) is 17.8 Å². The molecule has 0 aromatic heterocycles. The van der Waals surface area contributed by atoms with Gasteiger partial charge < -0.3 is 0 Å². The van der Waals surface area contributed by atoms with Crippen molar-refractivity contribution in [3.63, 3.8) is 0 Å². The smallest absolute Gasteiger partial charge is 0.0383 e. The van der Waals surface area contributed by atoms with E-state index in [1.165, 1.54) is 19.3 Å². The highest BCUT2D eigenvalue weighted by Crippen LogP contribution is 2.42. The van der Waals surface area contributed by atoms with Gasteiger partial charge in [0, 0.05) is 0 Å². The Labute approximate surface area is 70.4 Å². The lowest BCUT2D eigenvalue weighted by atomic mass is 9.68. The molecule has 64 valence electrons. The molecule has 0 spiro atoms. The van der Waals surface area contributed by atoms with Crippen molar-refractivity contribution in [3.8, 4) is 0 Å². The van der Waals surface area contributed by atoms with Gasteiger partial charge in [0.05, 0.1) is 0 Å². The fraction of sp³-hybridized carbons (Fsp3) is 1.00. The number of fused-ring (bicyclic) bond motifs is 1. The van der Waals surface area contributed by atoms with Crippen LogP contribution in [0.25, 0.3) is 0 Å². The van der Waals surface area contributed by atoms with Gasteiger partial charge in [-0.2, -0.15) is 0 Å². The lowest BCUT2D eigenvalue weighted by molar-refractivity contribution is 0.137. The van der Waals surface area contributed by atoms with Crippen molar-refractivity contribution in [3.05, 3.63) is 0 Å². The Morgan fingerprint density at radius 2 is 1.55 bits per heavy atom. The van der Waals surface area contributed by atoms with Crippen molar-refractivity contribution >= 4 is 0 Å². The van der Waals surface area contributed by atoms with Gasteiger partial charge in [-0.3, -0.25) is 0 Å². The number of hydrogen-bond acceptors (Lipinski definition) is 0. The van der Waals surface area contributed by atoms with Crippen LogP contribution in [0.2, 0.25) is 0 Å². The highest BCUT2D eigenvalue weighted by molar-refractivity contribution is 4.81. The molecule has 11 heavy (non-hydrogen) atoms. The average Bonchev–Trinajstić information content (AvgIpc) is 2.04. The number of hydrogen-bond donors (Lipinski definition) is 0. The molecule has 0 aromatic rings. The molecule has 0 nitrogen and oxygen atoms in total. The summed E-state index contributed by atoms with van der Waals surface area (Å²) < 4.78 is 0. The van der Waals surface area contributed by atoms with Gasteiger partial charge in [0.25, 0.3) is 0 Å². The molecule has 2 aliphatic rings. The van der Waals surface area contributed by atoms with E-state index in [0.717, 1.165) is 17.8 Å². The molecule has 3 atom stereocenters. The maximum absolute atomic E-state index is 2.44. The van der Waals surface area contributed by atoms with E-state index in [1.54, 1.807) is 25.7 Å². The van der Waals surface area contributed by atoms with Crippen LogP contribution in [-0.4, -0.2) is 0 Å². The molecule has 0 heterocycles. The molecule has 2 fully saturated rings. The highest BCUT2D eigenvalue weighted by atomic mass is 14.4. The maximum atomic E-state index is 2.44. The molecule has 0 aliphatic heterocycles. The second-order valence-corrected chi connectivity index (χ2v) is 4.72. The van der Waals surface area contributed by atoms with Crippen LogP contribution >= 0.6 is 0 Å². The SMILES string of the molecule is CC1CC[C@@H]2CCCC[C@@H]2C1. The summed E-state index contributed by atoms with van der Waals surface area (Å²) in [6.45, 7) is 2.44. The largest absolute Gasteiger partial charge is 0.0625 e. The molecule has 2 aliphatic carbocycles. The van der Waals surface area contributed by atoms with E-state index in [1.807, 2.05) is 0 Å². The van der Waals surface area contributed by atoms with Crippen LogP contribution < -0.4 is 0 Å². The van der Waals surface area contributed by atoms with Gasteiger partial charge in [-0.1, -0.05) is 39.0 Å². The van der Waals surface area contributed by atoms with E-state index in [4.69, 9.17) is 0 Å². The predicted molar refractivity (Wildman–Crippen MR) is 48.5 cm³/mol. The maximum Gasteiger partial charge on any atom is -0.0383 e. The summed E-state index contributed by atoms with van der Waals surface area (Å²) in [7, 11) is 0. The van der Waals surface area contributed by atoms with Gasteiger partial charge in [-0.25, -0.2) is 0 Å². The van der Waals surface area contributed by atoms with Crippen molar-refractivity contribution in [1.82, 2.24) is 0 Å². The standard InChI is InChI=1S/C11H20/c1-9-6-7-10-4-2-3-5-11(10)8-9/h9-11H,2-8H2,1H3/t9?,10-,11+/m0/s1. The molecule has 0 radical (unpaired) electrons.